The summed E-state index contributed by atoms with van der Waals surface area (Å²) in [7, 11) is 1.97. The van der Waals surface area contributed by atoms with Crippen LogP contribution in [0.4, 0.5) is 5.82 Å². The third kappa shape index (κ3) is 2.71. The Labute approximate surface area is 100 Å². The number of aromatic nitrogens is 2. The number of nitrogens with zero attached hydrogens (tertiary/aromatic N) is 3. The highest BCUT2D eigenvalue weighted by molar-refractivity contribution is 5.82. The van der Waals surface area contributed by atoms with Gasteiger partial charge in [-0.05, 0) is 26.4 Å². The maximum atomic E-state index is 11.9. The number of likely N-dealkylation sites (N-methyl/N-ethyl adjacent to an activating group) is 1. The lowest BCUT2D eigenvalue weighted by Crippen LogP contribution is -2.41. The third-order valence-electron chi connectivity index (χ3n) is 3.10. The molecule has 1 aromatic rings. The van der Waals surface area contributed by atoms with E-state index in [1.165, 1.54) is 6.33 Å². The van der Waals surface area contributed by atoms with Crippen molar-refractivity contribution in [1.29, 1.82) is 0 Å². The zero-order chi connectivity index (χ0) is 12.3. The molecule has 0 aromatic carbocycles. The van der Waals surface area contributed by atoms with E-state index >= 15 is 0 Å². The van der Waals surface area contributed by atoms with Crippen LogP contribution >= 0.6 is 0 Å². The Balaban J connectivity index is 1.90. The van der Waals surface area contributed by atoms with Crippen LogP contribution in [0.1, 0.15) is 18.4 Å². The molecule has 1 fully saturated rings. The zero-order valence-corrected chi connectivity index (χ0v) is 9.89. The van der Waals surface area contributed by atoms with Crippen molar-refractivity contribution >= 4 is 11.7 Å². The number of amides is 1. The number of nitrogen functional groups attached to an aromatic ring is 1. The summed E-state index contributed by atoms with van der Waals surface area (Å²) >= 11 is 0. The van der Waals surface area contributed by atoms with Gasteiger partial charge >= 0.3 is 0 Å². The fraction of sp³-hybridized carbons (Fsp3) is 0.545. The van der Waals surface area contributed by atoms with Gasteiger partial charge in [-0.25, -0.2) is 9.97 Å². The molecule has 2 heterocycles. The van der Waals surface area contributed by atoms with E-state index in [1.807, 2.05) is 7.05 Å². The van der Waals surface area contributed by atoms with Gasteiger partial charge in [0.05, 0.1) is 6.04 Å². The number of carbonyl (C=O) groups is 1. The second-order valence-electron chi connectivity index (χ2n) is 4.29. The normalized spacial score (nSPS) is 20.4. The summed E-state index contributed by atoms with van der Waals surface area (Å²) in [5.74, 6) is 0.466. The number of nitrogens with one attached hydrogen (secondary N) is 1. The smallest absolute Gasteiger partial charge is 0.237 e. The number of anilines is 1. The van der Waals surface area contributed by atoms with Crippen molar-refractivity contribution < 1.29 is 4.79 Å². The molecular formula is C11H17N5O. The maximum absolute atomic E-state index is 11.9. The zero-order valence-electron chi connectivity index (χ0n) is 9.89. The third-order valence-corrected chi connectivity index (χ3v) is 3.10. The molecular weight excluding hydrogens is 218 g/mol. The summed E-state index contributed by atoms with van der Waals surface area (Å²) < 4.78 is 0. The minimum absolute atomic E-state index is 0.0131. The largest absolute Gasteiger partial charge is 0.383 e. The highest BCUT2D eigenvalue weighted by Gasteiger charge is 2.27. The maximum Gasteiger partial charge on any atom is 0.237 e. The first-order chi connectivity index (χ1) is 8.18. The molecule has 0 radical (unpaired) electrons. The molecule has 0 unspecified atom stereocenters. The Morgan fingerprint density at radius 3 is 3.18 bits per heavy atom. The molecule has 1 aromatic heterocycles. The van der Waals surface area contributed by atoms with Crippen LogP contribution in [-0.4, -0.2) is 40.4 Å². The van der Waals surface area contributed by atoms with E-state index in [4.69, 9.17) is 5.73 Å². The average Bonchev–Trinajstić information content (AvgIpc) is 2.74. The highest BCUT2D eigenvalue weighted by Crippen LogP contribution is 2.15. The monoisotopic (exact) mass is 235 g/mol. The van der Waals surface area contributed by atoms with Crippen LogP contribution in [0.5, 0.6) is 0 Å². The lowest BCUT2D eigenvalue weighted by atomic mass is 10.2. The molecule has 6 heteroatoms. The van der Waals surface area contributed by atoms with Gasteiger partial charge in [-0.15, -0.1) is 0 Å². The molecule has 0 aliphatic carbocycles. The molecule has 92 valence electrons. The van der Waals surface area contributed by atoms with Gasteiger partial charge in [-0.1, -0.05) is 0 Å². The molecule has 0 bridgehead atoms. The molecule has 0 saturated carbocycles. The van der Waals surface area contributed by atoms with Crippen LogP contribution in [0.25, 0.3) is 0 Å². The number of carbonyl (C=O) groups excluding carboxylic acids is 1. The van der Waals surface area contributed by atoms with Crippen LogP contribution < -0.4 is 11.1 Å². The summed E-state index contributed by atoms with van der Waals surface area (Å²) in [4.78, 5) is 21.7. The topological polar surface area (TPSA) is 84.1 Å². The SMILES string of the molecule is CN1CCC[C@H]1C(=O)NCc1cncnc1N. The number of likely N-dealkylation sites (tertiary alicyclic amines) is 1. The second kappa shape index (κ2) is 5.09. The fourth-order valence-electron chi connectivity index (χ4n) is 2.05. The molecule has 1 aliphatic rings. The summed E-state index contributed by atoms with van der Waals surface area (Å²) in [5.41, 5.74) is 6.43. The van der Waals surface area contributed by atoms with Gasteiger partial charge in [0, 0.05) is 18.3 Å². The van der Waals surface area contributed by atoms with E-state index in [0.717, 1.165) is 24.9 Å². The molecule has 6 nitrogen and oxygen atoms in total. The molecule has 2 rings (SSSR count). The summed E-state index contributed by atoms with van der Waals surface area (Å²) in [6.45, 7) is 1.37. The standard InChI is InChI=1S/C11H17N5O/c1-16-4-2-3-9(16)11(17)14-6-8-5-13-7-15-10(8)12/h5,7,9H,2-4,6H2,1H3,(H,14,17)(H2,12,13,15)/t9-/m0/s1. The van der Waals surface area contributed by atoms with E-state index in [0.29, 0.717) is 12.4 Å². The van der Waals surface area contributed by atoms with E-state index in [9.17, 15) is 4.79 Å². The van der Waals surface area contributed by atoms with Gasteiger partial charge in [0.1, 0.15) is 12.1 Å². The Morgan fingerprint density at radius 1 is 1.71 bits per heavy atom. The second-order valence-corrected chi connectivity index (χ2v) is 4.29. The van der Waals surface area contributed by atoms with Crippen molar-refractivity contribution in [3.05, 3.63) is 18.1 Å². The number of hydrogen-bond acceptors (Lipinski definition) is 5. The Hall–Kier alpha value is -1.69. The molecule has 1 atom stereocenters. The van der Waals surface area contributed by atoms with Gasteiger partial charge in [0.25, 0.3) is 0 Å². The average molecular weight is 235 g/mol. The Kier molecular flexibility index (Phi) is 3.53. The molecule has 0 spiro atoms. The minimum atomic E-state index is -0.0131. The predicted octanol–water partition coefficient (Wildman–Crippen LogP) is -0.231. The fourth-order valence-corrected chi connectivity index (χ4v) is 2.05. The van der Waals surface area contributed by atoms with E-state index in [-0.39, 0.29) is 11.9 Å². The van der Waals surface area contributed by atoms with Crippen LogP contribution in [-0.2, 0) is 11.3 Å². The van der Waals surface area contributed by atoms with Crippen molar-refractivity contribution in [3.8, 4) is 0 Å². The minimum Gasteiger partial charge on any atom is -0.383 e. The summed E-state index contributed by atoms with van der Waals surface area (Å²) in [6, 6.07) is -0.0131. The van der Waals surface area contributed by atoms with Crippen molar-refractivity contribution in [2.75, 3.05) is 19.3 Å². The van der Waals surface area contributed by atoms with Crippen molar-refractivity contribution in [1.82, 2.24) is 20.2 Å². The first-order valence-electron chi connectivity index (χ1n) is 5.71. The number of nitrogens with two attached hydrogens (primary N) is 1. The molecule has 1 aliphatic heterocycles. The van der Waals surface area contributed by atoms with Crippen molar-refractivity contribution in [2.45, 2.75) is 25.4 Å². The summed E-state index contributed by atoms with van der Waals surface area (Å²) in [5, 5.41) is 2.87. The Bertz CT molecular complexity index is 409. The van der Waals surface area contributed by atoms with E-state index in [2.05, 4.69) is 20.2 Å². The molecule has 17 heavy (non-hydrogen) atoms. The highest BCUT2D eigenvalue weighted by atomic mass is 16.2. The molecule has 1 amide bonds. The van der Waals surface area contributed by atoms with Crippen LogP contribution in [0.15, 0.2) is 12.5 Å². The first kappa shape index (κ1) is 11.8. The van der Waals surface area contributed by atoms with E-state index in [1.54, 1.807) is 6.20 Å². The van der Waals surface area contributed by atoms with Crippen LogP contribution in [0, 0.1) is 0 Å². The van der Waals surface area contributed by atoms with Crippen LogP contribution in [0.3, 0.4) is 0 Å². The van der Waals surface area contributed by atoms with Gasteiger partial charge in [-0.3, -0.25) is 9.69 Å². The molecule has 1 saturated heterocycles. The van der Waals surface area contributed by atoms with E-state index < -0.39 is 0 Å². The van der Waals surface area contributed by atoms with Crippen LogP contribution in [0.2, 0.25) is 0 Å². The van der Waals surface area contributed by atoms with Crippen molar-refractivity contribution in [2.24, 2.45) is 0 Å². The van der Waals surface area contributed by atoms with Gasteiger partial charge in [-0.2, -0.15) is 0 Å². The number of hydrogen-bond donors (Lipinski definition) is 2. The number of rotatable bonds is 3. The Morgan fingerprint density at radius 2 is 2.53 bits per heavy atom. The van der Waals surface area contributed by atoms with Gasteiger partial charge in [0.15, 0.2) is 0 Å². The van der Waals surface area contributed by atoms with Gasteiger partial charge < -0.3 is 11.1 Å². The lowest BCUT2D eigenvalue weighted by molar-refractivity contribution is -0.125. The lowest BCUT2D eigenvalue weighted by Gasteiger charge is -2.18. The first-order valence-corrected chi connectivity index (χ1v) is 5.71. The predicted molar refractivity (Wildman–Crippen MR) is 63.9 cm³/mol. The van der Waals surface area contributed by atoms with Gasteiger partial charge in [0.2, 0.25) is 5.91 Å². The molecule has 3 N–H and O–H groups in total. The van der Waals surface area contributed by atoms with Crippen molar-refractivity contribution in [3.63, 3.8) is 0 Å². The summed E-state index contributed by atoms with van der Waals surface area (Å²) in [6.07, 6.45) is 5.01. The quantitative estimate of drug-likeness (QED) is 0.756.